The van der Waals surface area contributed by atoms with E-state index in [0.29, 0.717) is 24.1 Å². The minimum atomic E-state index is -3.78. The average molecular weight is 528 g/mol. The lowest BCUT2D eigenvalue weighted by Gasteiger charge is -2.16. The number of aromatic nitrogens is 3. The van der Waals surface area contributed by atoms with E-state index >= 15 is 0 Å². The number of primary sulfonamides is 1. The highest BCUT2D eigenvalue weighted by atomic mass is 32.2. The summed E-state index contributed by atoms with van der Waals surface area (Å²) >= 11 is 0. The highest BCUT2D eigenvalue weighted by molar-refractivity contribution is 7.89. The van der Waals surface area contributed by atoms with E-state index in [0.717, 1.165) is 44.6 Å². The zero-order valence-corrected chi connectivity index (χ0v) is 22.5. The molecular formula is C29H29N5O3S. The number of nitrogens with one attached hydrogen (secondary N) is 1. The summed E-state index contributed by atoms with van der Waals surface area (Å²) in [5, 5.41) is 8.41. The molecular weight excluding hydrogens is 498 g/mol. The SMILES string of the molecule is Cc1cc(C)c(Oc2nc(Nc3ccc(S(N)(=O)=O)cc3)nc3c(C)cn(Cc4ccccc4)c23)c(C)c1. The van der Waals surface area contributed by atoms with Crippen LogP contribution in [0.2, 0.25) is 0 Å². The van der Waals surface area contributed by atoms with Gasteiger partial charge in [-0.05, 0) is 74.2 Å². The molecule has 0 unspecified atom stereocenters. The number of anilines is 2. The van der Waals surface area contributed by atoms with Crippen LogP contribution in [0.5, 0.6) is 11.6 Å². The molecule has 0 radical (unpaired) electrons. The first-order chi connectivity index (χ1) is 18.1. The summed E-state index contributed by atoms with van der Waals surface area (Å²) in [7, 11) is -3.78. The number of hydrogen-bond donors (Lipinski definition) is 2. The van der Waals surface area contributed by atoms with Crippen molar-refractivity contribution >= 4 is 32.7 Å². The lowest BCUT2D eigenvalue weighted by Crippen LogP contribution is -2.11. The van der Waals surface area contributed by atoms with Gasteiger partial charge in [-0.1, -0.05) is 48.0 Å². The second-order valence-electron chi connectivity index (χ2n) is 9.50. The van der Waals surface area contributed by atoms with E-state index in [2.05, 4.69) is 47.3 Å². The summed E-state index contributed by atoms with van der Waals surface area (Å²) in [6.07, 6.45) is 2.05. The number of nitrogens with zero attached hydrogens (tertiary/aromatic N) is 3. The van der Waals surface area contributed by atoms with Gasteiger partial charge in [0.25, 0.3) is 0 Å². The Morgan fingerprint density at radius 2 is 1.55 bits per heavy atom. The molecule has 0 aliphatic rings. The Hall–Kier alpha value is -4.21. The maximum absolute atomic E-state index is 11.6. The molecule has 2 aromatic heterocycles. The molecule has 0 bridgehead atoms. The van der Waals surface area contributed by atoms with Crippen LogP contribution in [0.1, 0.15) is 27.8 Å². The molecule has 0 atom stereocenters. The number of sulfonamides is 1. The fourth-order valence-corrected chi connectivity index (χ4v) is 5.16. The second-order valence-corrected chi connectivity index (χ2v) is 11.1. The molecule has 38 heavy (non-hydrogen) atoms. The predicted molar refractivity (Wildman–Crippen MR) is 150 cm³/mol. The fraction of sp³-hybridized carbons (Fsp3) is 0.172. The van der Waals surface area contributed by atoms with Gasteiger partial charge in [-0.15, -0.1) is 0 Å². The van der Waals surface area contributed by atoms with E-state index in [1.807, 2.05) is 39.0 Å². The second kappa shape index (κ2) is 9.92. The molecule has 0 saturated carbocycles. The van der Waals surface area contributed by atoms with Gasteiger partial charge in [0.05, 0.1) is 4.90 Å². The summed E-state index contributed by atoms with van der Waals surface area (Å²) in [6, 6.07) is 20.5. The Morgan fingerprint density at radius 1 is 0.895 bits per heavy atom. The maximum atomic E-state index is 11.6. The number of aryl methyl sites for hydroxylation is 4. The van der Waals surface area contributed by atoms with Crippen molar-refractivity contribution in [1.82, 2.24) is 14.5 Å². The molecule has 9 heteroatoms. The van der Waals surface area contributed by atoms with Crippen LogP contribution in [0.25, 0.3) is 11.0 Å². The summed E-state index contributed by atoms with van der Waals surface area (Å²) < 4.78 is 31.9. The molecule has 194 valence electrons. The minimum Gasteiger partial charge on any atom is -0.436 e. The molecule has 3 aromatic carbocycles. The van der Waals surface area contributed by atoms with Crippen LogP contribution < -0.4 is 15.2 Å². The van der Waals surface area contributed by atoms with Gasteiger partial charge in [0.2, 0.25) is 21.9 Å². The first-order valence-corrected chi connectivity index (χ1v) is 13.7. The number of ether oxygens (including phenoxy) is 1. The molecule has 5 rings (SSSR count). The van der Waals surface area contributed by atoms with Crippen LogP contribution in [0, 0.1) is 27.7 Å². The first kappa shape index (κ1) is 25.4. The Labute approximate surface area is 222 Å². The lowest BCUT2D eigenvalue weighted by molar-refractivity contribution is 0.459. The van der Waals surface area contributed by atoms with Gasteiger partial charge in [0.15, 0.2) is 0 Å². The highest BCUT2D eigenvalue weighted by Gasteiger charge is 2.19. The summed E-state index contributed by atoms with van der Waals surface area (Å²) in [6.45, 7) is 8.75. The smallest absolute Gasteiger partial charge is 0.249 e. The van der Waals surface area contributed by atoms with Crippen molar-refractivity contribution < 1.29 is 13.2 Å². The van der Waals surface area contributed by atoms with Gasteiger partial charge in [-0.25, -0.2) is 18.5 Å². The lowest BCUT2D eigenvalue weighted by atomic mass is 10.1. The number of rotatable bonds is 7. The van der Waals surface area contributed by atoms with Crippen LogP contribution >= 0.6 is 0 Å². The third kappa shape index (κ3) is 5.25. The number of benzene rings is 3. The van der Waals surface area contributed by atoms with Gasteiger partial charge in [-0.2, -0.15) is 4.98 Å². The third-order valence-corrected chi connectivity index (χ3v) is 7.23. The molecule has 0 aliphatic heterocycles. The minimum absolute atomic E-state index is 0.0302. The van der Waals surface area contributed by atoms with E-state index in [1.54, 1.807) is 12.1 Å². The summed E-state index contributed by atoms with van der Waals surface area (Å²) in [4.78, 5) is 9.60. The Morgan fingerprint density at radius 3 is 2.18 bits per heavy atom. The van der Waals surface area contributed by atoms with Crippen LogP contribution in [-0.2, 0) is 16.6 Å². The number of nitrogens with two attached hydrogens (primary N) is 1. The van der Waals surface area contributed by atoms with Crippen LogP contribution in [0.4, 0.5) is 11.6 Å². The third-order valence-electron chi connectivity index (χ3n) is 6.30. The van der Waals surface area contributed by atoms with Crippen molar-refractivity contribution in [2.75, 3.05) is 5.32 Å². The molecule has 0 spiro atoms. The van der Waals surface area contributed by atoms with Crippen molar-refractivity contribution in [2.24, 2.45) is 5.14 Å². The standard InChI is InChI=1S/C29H29N5O3S/c1-18-14-19(2)27(20(3)15-18)37-28-26-25(21(4)16-34(26)17-22-8-6-5-7-9-22)32-29(33-28)31-23-10-12-24(13-11-23)38(30,35)36/h5-16H,17H2,1-4H3,(H2,30,35,36)(H,31,32,33). The summed E-state index contributed by atoms with van der Waals surface area (Å²) in [5.74, 6) is 1.51. The van der Waals surface area contributed by atoms with E-state index in [-0.39, 0.29) is 4.90 Å². The van der Waals surface area contributed by atoms with Crippen LogP contribution in [-0.4, -0.2) is 23.0 Å². The Bertz CT molecular complexity index is 1720. The molecule has 8 nitrogen and oxygen atoms in total. The van der Waals surface area contributed by atoms with Gasteiger partial charge in [0.1, 0.15) is 16.8 Å². The normalized spacial score (nSPS) is 11.6. The molecule has 0 aliphatic carbocycles. The van der Waals surface area contributed by atoms with Crippen molar-refractivity contribution in [3.05, 3.63) is 101 Å². The summed E-state index contributed by atoms with van der Waals surface area (Å²) in [5.41, 5.74) is 7.49. The first-order valence-electron chi connectivity index (χ1n) is 12.2. The van der Waals surface area contributed by atoms with Crippen molar-refractivity contribution in [3.8, 4) is 11.6 Å². The van der Waals surface area contributed by atoms with Crippen LogP contribution in [0.3, 0.4) is 0 Å². The van der Waals surface area contributed by atoms with Gasteiger partial charge >= 0.3 is 0 Å². The Kier molecular flexibility index (Phi) is 6.64. The number of fused-ring (bicyclic) bond motifs is 1. The molecule has 0 saturated heterocycles. The Balaban J connectivity index is 1.62. The predicted octanol–water partition coefficient (Wildman–Crippen LogP) is 5.90. The molecule has 2 heterocycles. The van der Waals surface area contributed by atoms with E-state index in [4.69, 9.17) is 19.8 Å². The van der Waals surface area contributed by atoms with E-state index in [9.17, 15) is 8.42 Å². The van der Waals surface area contributed by atoms with Crippen LogP contribution in [0.15, 0.2) is 77.8 Å². The molecule has 0 fully saturated rings. The number of hydrogen-bond acceptors (Lipinski definition) is 6. The van der Waals surface area contributed by atoms with E-state index in [1.165, 1.54) is 12.1 Å². The van der Waals surface area contributed by atoms with Crippen molar-refractivity contribution in [2.45, 2.75) is 39.1 Å². The van der Waals surface area contributed by atoms with Gasteiger partial charge in [0, 0.05) is 18.4 Å². The maximum Gasteiger partial charge on any atom is 0.249 e. The fourth-order valence-electron chi connectivity index (χ4n) is 4.64. The van der Waals surface area contributed by atoms with Crippen molar-refractivity contribution in [1.29, 1.82) is 0 Å². The highest BCUT2D eigenvalue weighted by Crippen LogP contribution is 2.35. The van der Waals surface area contributed by atoms with Gasteiger partial charge in [-0.3, -0.25) is 0 Å². The topological polar surface area (TPSA) is 112 Å². The molecule has 5 aromatic rings. The average Bonchev–Trinajstić information content (AvgIpc) is 3.16. The zero-order valence-electron chi connectivity index (χ0n) is 21.7. The largest absolute Gasteiger partial charge is 0.436 e. The zero-order chi connectivity index (χ0) is 27.0. The van der Waals surface area contributed by atoms with E-state index < -0.39 is 10.0 Å². The molecule has 3 N–H and O–H groups in total. The monoisotopic (exact) mass is 527 g/mol. The van der Waals surface area contributed by atoms with Crippen molar-refractivity contribution in [3.63, 3.8) is 0 Å². The molecule has 0 amide bonds. The van der Waals surface area contributed by atoms with Gasteiger partial charge < -0.3 is 14.6 Å². The quantitative estimate of drug-likeness (QED) is 0.273.